The van der Waals surface area contributed by atoms with E-state index in [2.05, 4.69) is 30.5 Å². The number of carbonyl (C=O) groups excluding carboxylic acids is 1. The molecule has 0 aliphatic carbocycles. The lowest BCUT2D eigenvalue weighted by atomic mass is 10.1. The van der Waals surface area contributed by atoms with Crippen LogP contribution in [-0.4, -0.2) is 60.5 Å². The Bertz CT molecular complexity index is 750. The molecule has 10 nitrogen and oxygen atoms in total. The van der Waals surface area contributed by atoms with Gasteiger partial charge in [-0.1, -0.05) is 109 Å². The van der Waals surface area contributed by atoms with Crippen LogP contribution in [0.3, 0.4) is 0 Å². The van der Waals surface area contributed by atoms with E-state index in [-0.39, 0.29) is 13.0 Å². The van der Waals surface area contributed by atoms with Crippen molar-refractivity contribution < 1.29 is 42.7 Å². The number of esters is 1. The highest BCUT2D eigenvalue weighted by molar-refractivity contribution is 7.47. The molecule has 43 heavy (non-hydrogen) atoms. The van der Waals surface area contributed by atoms with E-state index in [9.17, 15) is 19.0 Å². The third-order valence-electron chi connectivity index (χ3n) is 7.04. The van der Waals surface area contributed by atoms with E-state index in [0.717, 1.165) is 44.9 Å². The zero-order valence-electron chi connectivity index (χ0n) is 27.1. The number of hydrogen-bond acceptors (Lipinski definition) is 8. The number of rotatable bonds is 32. The van der Waals surface area contributed by atoms with Gasteiger partial charge in [0.1, 0.15) is 12.1 Å². The lowest BCUT2D eigenvalue weighted by molar-refractivity contribution is -0.154. The summed E-state index contributed by atoms with van der Waals surface area (Å²) in [6.45, 7) is 3.79. The van der Waals surface area contributed by atoms with Crippen LogP contribution in [0.25, 0.3) is 0 Å². The largest absolute Gasteiger partial charge is 0.480 e. The van der Waals surface area contributed by atoms with Crippen LogP contribution in [0.2, 0.25) is 0 Å². The van der Waals surface area contributed by atoms with E-state index < -0.39 is 45.1 Å². The van der Waals surface area contributed by atoms with Crippen LogP contribution >= 0.6 is 7.82 Å². The number of unbranched alkanes of at least 4 members (excludes halogenated alkanes) is 16. The molecule has 0 heterocycles. The van der Waals surface area contributed by atoms with E-state index in [4.69, 9.17) is 24.8 Å². The van der Waals surface area contributed by atoms with Crippen LogP contribution in [0.1, 0.15) is 142 Å². The van der Waals surface area contributed by atoms with Crippen LogP contribution in [0, 0.1) is 0 Å². The van der Waals surface area contributed by atoms with Gasteiger partial charge in [0.15, 0.2) is 0 Å². The maximum atomic E-state index is 12.4. The van der Waals surface area contributed by atoms with Gasteiger partial charge in [0.2, 0.25) is 0 Å². The number of aliphatic carboxylic acids is 1. The molecule has 0 saturated carbocycles. The summed E-state index contributed by atoms with van der Waals surface area (Å²) >= 11 is 0. The van der Waals surface area contributed by atoms with E-state index >= 15 is 0 Å². The second-order valence-electron chi connectivity index (χ2n) is 11.3. The van der Waals surface area contributed by atoms with Crippen LogP contribution in [0.4, 0.5) is 0 Å². The molecule has 0 aromatic rings. The summed E-state index contributed by atoms with van der Waals surface area (Å²) in [5.41, 5.74) is 5.31. The number of phosphoric ester groups is 1. The molecule has 0 aromatic heterocycles. The van der Waals surface area contributed by atoms with Crippen molar-refractivity contribution in [2.45, 2.75) is 154 Å². The molecule has 3 unspecified atom stereocenters. The number of hydrogen-bond donors (Lipinski definition) is 3. The maximum absolute atomic E-state index is 12.4. The molecule has 0 radical (unpaired) electrons. The maximum Gasteiger partial charge on any atom is 0.472 e. The second kappa shape index (κ2) is 29.4. The topological polar surface area (TPSA) is 155 Å². The monoisotopic (exact) mass is 635 g/mol. The third kappa shape index (κ3) is 29.2. The van der Waals surface area contributed by atoms with Crippen LogP contribution in [-0.2, 0) is 32.7 Å². The van der Waals surface area contributed by atoms with Crippen molar-refractivity contribution in [3.8, 4) is 0 Å². The molecule has 0 amide bonds. The Morgan fingerprint density at radius 1 is 0.721 bits per heavy atom. The Morgan fingerprint density at radius 2 is 1.21 bits per heavy atom. The number of nitrogens with two attached hydrogens (primary N) is 1. The average Bonchev–Trinajstić information content (AvgIpc) is 2.97. The molecule has 3 atom stereocenters. The summed E-state index contributed by atoms with van der Waals surface area (Å²) in [5.74, 6) is -1.79. The van der Waals surface area contributed by atoms with Gasteiger partial charge in [-0.3, -0.25) is 18.6 Å². The number of allylic oxidation sites excluding steroid dienone is 2. The zero-order valence-corrected chi connectivity index (χ0v) is 28.0. The van der Waals surface area contributed by atoms with Crippen molar-refractivity contribution >= 4 is 19.8 Å². The number of carboxylic acids is 1. The van der Waals surface area contributed by atoms with Gasteiger partial charge in [-0.15, -0.1) is 0 Å². The Labute approximate surface area is 261 Å². The Balaban J connectivity index is 4.34. The normalized spacial score (nSPS) is 14.5. The summed E-state index contributed by atoms with van der Waals surface area (Å²) in [5, 5.41) is 8.82. The molecule has 0 aliphatic heterocycles. The predicted octanol–water partition coefficient (Wildman–Crippen LogP) is 7.86. The van der Waals surface area contributed by atoms with Crippen molar-refractivity contribution in [2.75, 3.05) is 26.4 Å². The highest BCUT2D eigenvalue weighted by Gasteiger charge is 2.27. The molecular formula is C32H62NO9P. The minimum Gasteiger partial charge on any atom is -0.480 e. The van der Waals surface area contributed by atoms with Gasteiger partial charge in [0.25, 0.3) is 0 Å². The number of carboxylic acid groups (broad SMARTS) is 1. The summed E-state index contributed by atoms with van der Waals surface area (Å²) in [7, 11) is -4.59. The van der Waals surface area contributed by atoms with Crippen molar-refractivity contribution in [1.29, 1.82) is 0 Å². The first-order valence-corrected chi connectivity index (χ1v) is 18.2. The van der Waals surface area contributed by atoms with Crippen molar-refractivity contribution in [3.05, 3.63) is 12.2 Å². The van der Waals surface area contributed by atoms with Gasteiger partial charge in [-0.25, -0.2) is 4.57 Å². The van der Waals surface area contributed by atoms with Gasteiger partial charge in [-0.2, -0.15) is 0 Å². The van der Waals surface area contributed by atoms with Gasteiger partial charge < -0.3 is 25.2 Å². The van der Waals surface area contributed by atoms with Gasteiger partial charge >= 0.3 is 19.8 Å². The molecule has 11 heteroatoms. The quantitative estimate of drug-likeness (QED) is 0.0288. The molecule has 0 fully saturated rings. The number of carbonyl (C=O) groups is 2. The SMILES string of the molecule is CCCCC/C=C\CCCCCCCCOCC(COP(=O)(O)OCC(N)C(=O)O)OC(=O)CCCCCCCCCC. The molecular weight excluding hydrogens is 573 g/mol. The number of phosphoric acid groups is 1. The van der Waals surface area contributed by atoms with Gasteiger partial charge in [-0.05, 0) is 38.5 Å². The summed E-state index contributed by atoms with van der Waals surface area (Å²) < 4.78 is 33.0. The van der Waals surface area contributed by atoms with Crippen LogP contribution < -0.4 is 5.73 Å². The molecule has 0 spiro atoms. The summed E-state index contributed by atoms with van der Waals surface area (Å²) in [6, 6.07) is -1.47. The fraction of sp³-hybridized carbons (Fsp3) is 0.875. The first kappa shape index (κ1) is 41.7. The van der Waals surface area contributed by atoms with Crippen molar-refractivity contribution in [1.82, 2.24) is 0 Å². The van der Waals surface area contributed by atoms with Crippen LogP contribution in [0.15, 0.2) is 12.2 Å². The third-order valence-corrected chi connectivity index (χ3v) is 8.00. The Kier molecular flexibility index (Phi) is 28.5. The van der Waals surface area contributed by atoms with E-state index in [1.807, 2.05) is 0 Å². The zero-order chi connectivity index (χ0) is 32.0. The molecule has 254 valence electrons. The second-order valence-corrected chi connectivity index (χ2v) is 12.7. The molecule has 0 aliphatic rings. The van der Waals surface area contributed by atoms with Gasteiger partial charge in [0.05, 0.1) is 19.8 Å². The van der Waals surface area contributed by atoms with Gasteiger partial charge in [0, 0.05) is 13.0 Å². The molecule has 0 rings (SSSR count). The smallest absolute Gasteiger partial charge is 0.472 e. The van der Waals surface area contributed by atoms with Crippen molar-refractivity contribution in [3.63, 3.8) is 0 Å². The predicted molar refractivity (Wildman–Crippen MR) is 171 cm³/mol. The lowest BCUT2D eigenvalue weighted by Gasteiger charge is -2.20. The van der Waals surface area contributed by atoms with Crippen molar-refractivity contribution in [2.24, 2.45) is 5.73 Å². The lowest BCUT2D eigenvalue weighted by Crippen LogP contribution is -2.34. The van der Waals surface area contributed by atoms with E-state index in [0.29, 0.717) is 13.0 Å². The van der Waals surface area contributed by atoms with E-state index in [1.165, 1.54) is 70.6 Å². The molecule has 0 bridgehead atoms. The minimum absolute atomic E-state index is 0.0163. The first-order chi connectivity index (χ1) is 20.7. The average molecular weight is 636 g/mol. The standard InChI is InChI=1S/C32H62NO9P/c1-3-5-7-9-11-13-14-15-16-17-19-21-23-25-39-26-29(27-40-43(37,38)41-28-30(33)32(35)36)42-31(34)24-22-20-18-12-10-8-6-4-2/h11,13,29-30H,3-10,12,14-28,33H2,1-2H3,(H,35,36)(H,37,38)/b13-11-. The number of ether oxygens (including phenoxy) is 2. The Morgan fingerprint density at radius 3 is 1.81 bits per heavy atom. The Hall–Kier alpha value is -1.29. The van der Waals surface area contributed by atoms with Crippen LogP contribution in [0.5, 0.6) is 0 Å². The molecule has 4 N–H and O–H groups in total. The summed E-state index contributed by atoms with van der Waals surface area (Å²) in [4.78, 5) is 33.1. The fourth-order valence-corrected chi connectivity index (χ4v) is 5.14. The highest BCUT2D eigenvalue weighted by atomic mass is 31.2. The van der Waals surface area contributed by atoms with E-state index in [1.54, 1.807) is 0 Å². The molecule has 0 aromatic carbocycles. The fourth-order valence-electron chi connectivity index (χ4n) is 4.36. The first-order valence-electron chi connectivity index (χ1n) is 16.7. The minimum atomic E-state index is -4.59. The molecule has 0 saturated heterocycles. The highest BCUT2D eigenvalue weighted by Crippen LogP contribution is 2.43. The summed E-state index contributed by atoms with van der Waals surface area (Å²) in [6.07, 6.45) is 25.6.